The second-order valence-corrected chi connectivity index (χ2v) is 7.17. The molecule has 0 aliphatic rings. The largest absolute Gasteiger partial charge is 0.465 e. The van der Waals surface area contributed by atoms with Gasteiger partial charge in [-0.05, 0) is 23.2 Å². The molecule has 2 N–H and O–H groups in total. The van der Waals surface area contributed by atoms with E-state index in [2.05, 4.69) is 41.5 Å². The zero-order valence-electron chi connectivity index (χ0n) is 13.3. The van der Waals surface area contributed by atoms with Crippen molar-refractivity contribution in [3.63, 3.8) is 0 Å². The molecule has 0 unspecified atom stereocenters. The van der Waals surface area contributed by atoms with E-state index in [9.17, 15) is 9.59 Å². The third-order valence-electron chi connectivity index (χ3n) is 3.38. The Kier molecular flexibility index (Phi) is 6.26. The third kappa shape index (κ3) is 6.08. The maximum Gasteiger partial charge on any atom is 0.417 e. The lowest BCUT2D eigenvalue weighted by atomic mass is 9.65. The zero-order chi connectivity index (χ0) is 16.1. The molecule has 0 fully saturated rings. The Morgan fingerprint density at radius 3 is 1.65 bits per heavy atom. The Labute approximate surface area is 121 Å². The number of amides is 2. The molecule has 2 amide bonds. The number of carbonyl (C=O) groups is 2. The average Bonchev–Trinajstić information content (AvgIpc) is 2.17. The van der Waals surface area contributed by atoms with Gasteiger partial charge in [0, 0.05) is 0 Å². The Morgan fingerprint density at radius 2 is 1.35 bits per heavy atom. The molecule has 116 valence electrons. The first-order valence-corrected chi connectivity index (χ1v) is 6.75. The summed E-state index contributed by atoms with van der Waals surface area (Å²) in [5.41, 5.74) is 0.254. The van der Waals surface area contributed by atoms with Gasteiger partial charge in [-0.15, -0.1) is 0 Å². The van der Waals surface area contributed by atoms with Gasteiger partial charge in [-0.25, -0.2) is 14.5 Å². The van der Waals surface area contributed by atoms with E-state index < -0.39 is 12.2 Å². The molecule has 0 aliphatic heterocycles. The lowest BCUT2D eigenvalue weighted by Gasteiger charge is -2.40. The summed E-state index contributed by atoms with van der Waals surface area (Å²) in [6, 6.07) is 0. The van der Waals surface area contributed by atoms with E-state index in [0.717, 1.165) is 6.42 Å². The van der Waals surface area contributed by atoms with Crippen molar-refractivity contribution in [3.8, 4) is 0 Å². The number of hydrogen-bond acceptors (Lipinski definition) is 2. The van der Waals surface area contributed by atoms with E-state index in [0.29, 0.717) is 10.8 Å². The number of rotatable bonds is 4. The van der Waals surface area contributed by atoms with Crippen molar-refractivity contribution in [1.29, 1.82) is 0 Å². The van der Waals surface area contributed by atoms with E-state index in [1.165, 1.54) is 0 Å². The van der Waals surface area contributed by atoms with Crippen LogP contribution in [0.5, 0.6) is 0 Å². The number of imide groups is 1. The van der Waals surface area contributed by atoms with Crippen molar-refractivity contribution in [2.24, 2.45) is 16.7 Å². The van der Waals surface area contributed by atoms with Crippen LogP contribution in [0.1, 0.15) is 48.0 Å². The monoisotopic (exact) mass is 285 g/mol. The minimum absolute atomic E-state index is 0.127. The Bertz CT molecular complexity index is 346. The van der Waals surface area contributed by atoms with Crippen molar-refractivity contribution in [1.82, 2.24) is 4.90 Å². The molecule has 0 saturated heterocycles. The maximum atomic E-state index is 10.7. The molecule has 0 rings (SSSR count). The molecule has 5 nitrogen and oxygen atoms in total. The van der Waals surface area contributed by atoms with Crippen molar-refractivity contribution in [3.05, 3.63) is 12.2 Å². The Morgan fingerprint density at radius 1 is 0.950 bits per heavy atom. The molecule has 0 aromatic rings. The van der Waals surface area contributed by atoms with Crippen LogP contribution < -0.4 is 0 Å². The first kappa shape index (κ1) is 18.5. The molecule has 20 heavy (non-hydrogen) atoms. The third-order valence-corrected chi connectivity index (χ3v) is 3.38. The molecule has 0 aliphatic carbocycles. The fraction of sp³-hybridized carbons (Fsp3) is 0.733. The summed E-state index contributed by atoms with van der Waals surface area (Å²) in [6.07, 6.45) is 1.36. The molecule has 0 radical (unpaired) electrons. The molecular formula is C15H27NO4. The SMILES string of the molecule is CC(C)(C)C(CC=CCN(C(=O)O)C(=O)O)C(C)(C)C. The molecule has 0 aromatic carbocycles. The second kappa shape index (κ2) is 6.77. The average molecular weight is 285 g/mol. The highest BCUT2D eigenvalue weighted by Gasteiger charge is 2.33. The van der Waals surface area contributed by atoms with Crippen LogP contribution >= 0.6 is 0 Å². The Hall–Kier alpha value is -1.52. The normalized spacial score (nSPS) is 12.9. The van der Waals surface area contributed by atoms with Gasteiger partial charge in [0.2, 0.25) is 0 Å². The van der Waals surface area contributed by atoms with Gasteiger partial charge in [0.05, 0.1) is 6.54 Å². The highest BCUT2D eigenvalue weighted by atomic mass is 16.4. The summed E-state index contributed by atoms with van der Waals surface area (Å²) in [4.78, 5) is 21.8. The van der Waals surface area contributed by atoms with E-state index in [1.807, 2.05) is 6.08 Å². The highest BCUT2D eigenvalue weighted by Crippen LogP contribution is 2.42. The van der Waals surface area contributed by atoms with Crippen LogP contribution in [0, 0.1) is 16.7 Å². The van der Waals surface area contributed by atoms with E-state index >= 15 is 0 Å². The zero-order valence-corrected chi connectivity index (χ0v) is 13.3. The van der Waals surface area contributed by atoms with Gasteiger partial charge in [-0.1, -0.05) is 53.7 Å². The quantitative estimate of drug-likeness (QED) is 0.755. The number of nitrogens with zero attached hydrogens (tertiary/aromatic N) is 1. The van der Waals surface area contributed by atoms with Crippen LogP contribution in [0.25, 0.3) is 0 Å². The van der Waals surface area contributed by atoms with Gasteiger partial charge < -0.3 is 10.2 Å². The van der Waals surface area contributed by atoms with E-state index in [-0.39, 0.29) is 17.4 Å². The minimum atomic E-state index is -1.45. The first-order chi connectivity index (χ1) is 8.87. The fourth-order valence-corrected chi connectivity index (χ4v) is 2.66. The molecule has 0 saturated carbocycles. The summed E-state index contributed by atoms with van der Waals surface area (Å²) in [5.74, 6) is 0.411. The van der Waals surface area contributed by atoms with E-state index in [1.54, 1.807) is 6.08 Å². The molecule has 0 aromatic heterocycles. The smallest absolute Gasteiger partial charge is 0.417 e. The standard InChI is InChI=1S/C15H27NO4/c1-14(2,3)11(15(4,5)6)9-7-8-10-16(12(17)18)13(19)20/h7-8,11H,9-10H2,1-6H3,(H,17,18)(H,19,20). The lowest BCUT2D eigenvalue weighted by Crippen LogP contribution is -2.34. The van der Waals surface area contributed by atoms with Gasteiger partial charge in [0.1, 0.15) is 0 Å². The minimum Gasteiger partial charge on any atom is -0.465 e. The van der Waals surface area contributed by atoms with E-state index in [4.69, 9.17) is 10.2 Å². The number of carboxylic acid groups (broad SMARTS) is 2. The topological polar surface area (TPSA) is 77.8 Å². The van der Waals surface area contributed by atoms with Crippen LogP contribution in [-0.4, -0.2) is 33.8 Å². The first-order valence-electron chi connectivity index (χ1n) is 6.75. The van der Waals surface area contributed by atoms with Crippen LogP contribution in [-0.2, 0) is 0 Å². The van der Waals surface area contributed by atoms with Gasteiger partial charge in [-0.3, -0.25) is 0 Å². The van der Waals surface area contributed by atoms with Crippen molar-refractivity contribution >= 4 is 12.2 Å². The Balaban J connectivity index is 4.69. The summed E-state index contributed by atoms with van der Waals surface area (Å²) in [7, 11) is 0. The lowest BCUT2D eigenvalue weighted by molar-refractivity contribution is 0.104. The van der Waals surface area contributed by atoms with Gasteiger partial charge >= 0.3 is 12.2 Å². The van der Waals surface area contributed by atoms with Gasteiger partial charge in [0.25, 0.3) is 0 Å². The molecule has 5 heteroatoms. The van der Waals surface area contributed by atoms with Crippen molar-refractivity contribution in [2.45, 2.75) is 48.0 Å². The molecule has 0 atom stereocenters. The molecule has 0 bridgehead atoms. The van der Waals surface area contributed by atoms with Crippen molar-refractivity contribution in [2.75, 3.05) is 6.54 Å². The highest BCUT2D eigenvalue weighted by molar-refractivity contribution is 5.85. The second-order valence-electron chi connectivity index (χ2n) is 7.17. The van der Waals surface area contributed by atoms with Crippen LogP contribution in [0.2, 0.25) is 0 Å². The maximum absolute atomic E-state index is 10.7. The summed E-state index contributed by atoms with van der Waals surface area (Å²) < 4.78 is 0. The molecule has 0 heterocycles. The summed E-state index contributed by atoms with van der Waals surface area (Å²) in [5, 5.41) is 17.4. The van der Waals surface area contributed by atoms with Crippen LogP contribution in [0.4, 0.5) is 9.59 Å². The summed E-state index contributed by atoms with van der Waals surface area (Å²) in [6.45, 7) is 12.9. The van der Waals surface area contributed by atoms with Crippen LogP contribution in [0.15, 0.2) is 12.2 Å². The predicted molar refractivity (Wildman–Crippen MR) is 78.9 cm³/mol. The predicted octanol–water partition coefficient (Wildman–Crippen LogP) is 4.30. The number of hydrogen-bond donors (Lipinski definition) is 2. The van der Waals surface area contributed by atoms with Gasteiger partial charge in [-0.2, -0.15) is 0 Å². The molecule has 0 spiro atoms. The fourth-order valence-electron chi connectivity index (χ4n) is 2.66. The van der Waals surface area contributed by atoms with Crippen molar-refractivity contribution < 1.29 is 19.8 Å². The van der Waals surface area contributed by atoms with Crippen LogP contribution in [0.3, 0.4) is 0 Å². The van der Waals surface area contributed by atoms with Gasteiger partial charge in [0.15, 0.2) is 0 Å². The summed E-state index contributed by atoms with van der Waals surface area (Å²) >= 11 is 0. The number of allylic oxidation sites excluding steroid dienone is 1. The molecular weight excluding hydrogens is 258 g/mol.